The molecule has 1 amide bonds. The van der Waals surface area contributed by atoms with Gasteiger partial charge < -0.3 is 28.7 Å². The van der Waals surface area contributed by atoms with Crippen molar-refractivity contribution in [1.29, 1.82) is 0 Å². The lowest BCUT2D eigenvalue weighted by Gasteiger charge is -2.18. The molecule has 2 aromatic carbocycles. The summed E-state index contributed by atoms with van der Waals surface area (Å²) in [5.74, 6) is 3.79. The minimum atomic E-state index is -0.234. The Hall–Kier alpha value is -3.61. The summed E-state index contributed by atoms with van der Waals surface area (Å²) in [5, 5.41) is 3.15. The molecule has 1 unspecified atom stereocenters. The third kappa shape index (κ3) is 5.08. The van der Waals surface area contributed by atoms with Crippen LogP contribution in [0.5, 0.6) is 23.0 Å². The van der Waals surface area contributed by atoms with Crippen LogP contribution in [-0.4, -0.2) is 34.3 Å². The van der Waals surface area contributed by atoms with Crippen molar-refractivity contribution in [2.45, 2.75) is 25.3 Å². The van der Waals surface area contributed by atoms with Crippen LogP contribution < -0.4 is 24.3 Å². The molecule has 1 aliphatic rings. The quantitative estimate of drug-likeness (QED) is 0.478. The van der Waals surface area contributed by atoms with E-state index in [-0.39, 0.29) is 17.7 Å². The van der Waals surface area contributed by atoms with Crippen LogP contribution >= 0.6 is 0 Å². The molecule has 1 aromatic heterocycles. The van der Waals surface area contributed by atoms with Crippen LogP contribution in [0.3, 0.4) is 0 Å². The van der Waals surface area contributed by atoms with E-state index in [1.165, 1.54) is 0 Å². The topological polar surface area (TPSA) is 79.2 Å². The van der Waals surface area contributed by atoms with Crippen molar-refractivity contribution in [2.75, 3.05) is 28.4 Å². The Bertz CT molecular complexity index is 1080. The van der Waals surface area contributed by atoms with Crippen molar-refractivity contribution in [3.05, 3.63) is 71.2 Å². The molecule has 3 aromatic rings. The summed E-state index contributed by atoms with van der Waals surface area (Å²) < 4.78 is 27.5. The maximum absolute atomic E-state index is 13.0. The van der Waals surface area contributed by atoms with E-state index >= 15 is 0 Å². The first-order valence-electron chi connectivity index (χ1n) is 10.9. The second kappa shape index (κ2) is 9.90. The number of furan rings is 1. The molecule has 0 radical (unpaired) electrons. The van der Waals surface area contributed by atoms with Crippen molar-refractivity contribution < 1.29 is 28.2 Å². The fourth-order valence-corrected chi connectivity index (χ4v) is 3.95. The Morgan fingerprint density at radius 2 is 1.55 bits per heavy atom. The van der Waals surface area contributed by atoms with Crippen molar-refractivity contribution >= 4 is 5.91 Å². The summed E-state index contributed by atoms with van der Waals surface area (Å²) in [6, 6.07) is 14.9. The van der Waals surface area contributed by atoms with Gasteiger partial charge in [-0.05, 0) is 48.6 Å². The first-order chi connectivity index (χ1) is 16.1. The summed E-state index contributed by atoms with van der Waals surface area (Å²) >= 11 is 0. The average molecular weight is 452 g/mol. The maximum Gasteiger partial charge on any atom is 0.287 e. The molecule has 1 aliphatic carbocycles. The minimum absolute atomic E-state index is 0.0567. The van der Waals surface area contributed by atoms with E-state index in [0.29, 0.717) is 35.3 Å². The van der Waals surface area contributed by atoms with Crippen LogP contribution in [0.2, 0.25) is 0 Å². The molecule has 174 valence electrons. The number of nitrogens with one attached hydrogen (secondary N) is 1. The van der Waals surface area contributed by atoms with Crippen molar-refractivity contribution in [3.8, 4) is 23.0 Å². The molecule has 4 rings (SSSR count). The zero-order valence-electron chi connectivity index (χ0n) is 19.3. The van der Waals surface area contributed by atoms with Gasteiger partial charge in [0, 0.05) is 24.1 Å². The van der Waals surface area contributed by atoms with Gasteiger partial charge in [0.05, 0.1) is 34.5 Å². The summed E-state index contributed by atoms with van der Waals surface area (Å²) in [6.45, 7) is 0. The molecule has 7 nitrogen and oxygen atoms in total. The van der Waals surface area contributed by atoms with Crippen molar-refractivity contribution in [3.63, 3.8) is 0 Å². The average Bonchev–Trinajstić information content (AvgIpc) is 3.59. The second-order valence-electron chi connectivity index (χ2n) is 8.01. The monoisotopic (exact) mass is 451 g/mol. The Labute approximate surface area is 193 Å². The standard InChI is InChI=1S/C26H29NO6/c1-29-18-9-7-17(8-10-18)25(16-5-6-16)27-26(28)22-12-11-19(33-22)13-21-23(31-3)14-20(30-2)15-24(21)32-4/h7-12,14-16,25H,5-6,13H2,1-4H3,(H,27,28). The molecule has 1 saturated carbocycles. The van der Waals surface area contributed by atoms with E-state index in [4.69, 9.17) is 23.4 Å². The minimum Gasteiger partial charge on any atom is -0.497 e. The molecule has 0 saturated heterocycles. The Morgan fingerprint density at radius 3 is 2.09 bits per heavy atom. The third-order valence-corrected chi connectivity index (χ3v) is 5.91. The highest BCUT2D eigenvalue weighted by Crippen LogP contribution is 2.41. The number of carbonyl (C=O) groups excluding carboxylic acids is 1. The number of amides is 1. The van der Waals surface area contributed by atoms with Gasteiger partial charge in [0.1, 0.15) is 28.8 Å². The Morgan fingerprint density at radius 1 is 0.909 bits per heavy atom. The van der Waals surface area contributed by atoms with Crippen LogP contribution in [0, 0.1) is 5.92 Å². The van der Waals surface area contributed by atoms with Crippen LogP contribution in [0.15, 0.2) is 52.9 Å². The lowest BCUT2D eigenvalue weighted by atomic mass is 10.0. The van der Waals surface area contributed by atoms with Gasteiger partial charge in [-0.1, -0.05) is 12.1 Å². The first-order valence-corrected chi connectivity index (χ1v) is 10.9. The van der Waals surface area contributed by atoms with Gasteiger partial charge in [-0.15, -0.1) is 0 Å². The fraction of sp³-hybridized carbons (Fsp3) is 0.346. The van der Waals surface area contributed by atoms with Gasteiger partial charge >= 0.3 is 0 Å². The number of carbonyl (C=O) groups is 1. The highest BCUT2D eigenvalue weighted by Gasteiger charge is 2.34. The summed E-state index contributed by atoms with van der Waals surface area (Å²) in [4.78, 5) is 13.0. The van der Waals surface area contributed by atoms with E-state index in [2.05, 4.69) is 5.32 Å². The summed E-state index contributed by atoms with van der Waals surface area (Å²) in [5.41, 5.74) is 1.88. The van der Waals surface area contributed by atoms with E-state index < -0.39 is 0 Å². The number of benzene rings is 2. The number of ether oxygens (including phenoxy) is 4. The Balaban J connectivity index is 1.50. The van der Waals surface area contributed by atoms with E-state index in [1.54, 1.807) is 52.7 Å². The Kier molecular flexibility index (Phi) is 6.77. The smallest absolute Gasteiger partial charge is 0.287 e. The number of hydrogen-bond donors (Lipinski definition) is 1. The lowest BCUT2D eigenvalue weighted by molar-refractivity contribution is 0.0902. The molecule has 0 bridgehead atoms. The molecule has 33 heavy (non-hydrogen) atoms. The number of rotatable bonds is 10. The van der Waals surface area contributed by atoms with Crippen molar-refractivity contribution in [2.24, 2.45) is 5.92 Å². The zero-order valence-corrected chi connectivity index (χ0v) is 19.3. The maximum atomic E-state index is 13.0. The highest BCUT2D eigenvalue weighted by atomic mass is 16.5. The first kappa shape index (κ1) is 22.6. The van der Waals surface area contributed by atoms with E-state index in [0.717, 1.165) is 29.7 Å². The summed E-state index contributed by atoms with van der Waals surface area (Å²) in [6.07, 6.45) is 2.60. The molecule has 1 N–H and O–H groups in total. The van der Waals surface area contributed by atoms with Gasteiger partial charge in [0.15, 0.2) is 5.76 Å². The third-order valence-electron chi connectivity index (χ3n) is 5.91. The van der Waals surface area contributed by atoms with E-state index in [9.17, 15) is 4.79 Å². The predicted octanol–water partition coefficient (Wildman–Crippen LogP) is 4.79. The molecule has 1 atom stereocenters. The van der Waals surface area contributed by atoms with Crippen molar-refractivity contribution in [1.82, 2.24) is 5.32 Å². The van der Waals surface area contributed by atoms with Gasteiger partial charge in [-0.2, -0.15) is 0 Å². The SMILES string of the molecule is COc1ccc(C(NC(=O)c2ccc(Cc3c(OC)cc(OC)cc3OC)o2)C2CC2)cc1. The highest BCUT2D eigenvalue weighted by molar-refractivity contribution is 5.91. The van der Waals surface area contributed by atoms with Gasteiger partial charge in [0.25, 0.3) is 5.91 Å². The van der Waals surface area contributed by atoms with Gasteiger partial charge in [-0.25, -0.2) is 0 Å². The number of methoxy groups -OCH3 is 4. The zero-order chi connectivity index (χ0) is 23.4. The predicted molar refractivity (Wildman–Crippen MR) is 124 cm³/mol. The fourth-order valence-electron chi connectivity index (χ4n) is 3.95. The molecule has 0 spiro atoms. The summed E-state index contributed by atoms with van der Waals surface area (Å²) in [7, 11) is 6.42. The molecular weight excluding hydrogens is 422 g/mol. The van der Waals surface area contributed by atoms with Gasteiger partial charge in [-0.3, -0.25) is 4.79 Å². The van der Waals surface area contributed by atoms with E-state index in [1.807, 2.05) is 24.3 Å². The van der Waals surface area contributed by atoms with Crippen LogP contribution in [-0.2, 0) is 6.42 Å². The normalized spacial score (nSPS) is 13.8. The van der Waals surface area contributed by atoms with Crippen LogP contribution in [0.1, 0.15) is 46.3 Å². The second-order valence-corrected chi connectivity index (χ2v) is 8.01. The molecule has 0 aliphatic heterocycles. The molecular formula is C26H29NO6. The molecule has 1 heterocycles. The van der Waals surface area contributed by atoms with Crippen LogP contribution in [0.25, 0.3) is 0 Å². The largest absolute Gasteiger partial charge is 0.497 e. The van der Waals surface area contributed by atoms with Crippen LogP contribution in [0.4, 0.5) is 0 Å². The number of hydrogen-bond acceptors (Lipinski definition) is 6. The van der Waals surface area contributed by atoms with Gasteiger partial charge in [0.2, 0.25) is 0 Å². The molecule has 1 fully saturated rings. The molecule has 7 heteroatoms. The lowest BCUT2D eigenvalue weighted by Crippen LogP contribution is -2.29.